The summed E-state index contributed by atoms with van der Waals surface area (Å²) in [7, 11) is 1.69. The molecule has 6 heteroatoms. The van der Waals surface area contributed by atoms with Crippen LogP contribution in [0, 0.1) is 0 Å². The molecule has 170 valence electrons. The van der Waals surface area contributed by atoms with Gasteiger partial charge in [0.15, 0.2) is 0 Å². The minimum atomic E-state index is -0.0476. The standard InChI is InChI=1S/C26H32N2O4/c1-31-24-17-20(6-8-21(24)5-3-14-28-25(29)10-11-26(28)30)18-27-13-2-4-19-7-9-23-22(16-19)12-15-32-23/h6-9,16-17,27H,2-5,10-15,18H2,1H3. The second-order valence-electron chi connectivity index (χ2n) is 8.51. The molecule has 2 amide bonds. The molecule has 0 radical (unpaired) electrons. The van der Waals surface area contributed by atoms with Crippen LogP contribution in [0.1, 0.15) is 47.9 Å². The van der Waals surface area contributed by atoms with Gasteiger partial charge in [-0.05, 0) is 66.6 Å². The Balaban J connectivity index is 1.19. The zero-order valence-electron chi connectivity index (χ0n) is 18.8. The third-order valence-electron chi connectivity index (χ3n) is 6.24. The number of nitrogens with one attached hydrogen (secondary N) is 1. The summed E-state index contributed by atoms with van der Waals surface area (Å²) in [6.45, 7) is 3.04. The van der Waals surface area contributed by atoms with E-state index in [0.29, 0.717) is 19.4 Å². The van der Waals surface area contributed by atoms with Crippen LogP contribution in [0.4, 0.5) is 0 Å². The van der Waals surface area contributed by atoms with Gasteiger partial charge in [-0.2, -0.15) is 0 Å². The van der Waals surface area contributed by atoms with Gasteiger partial charge in [0.2, 0.25) is 11.8 Å². The van der Waals surface area contributed by atoms with Gasteiger partial charge in [-0.1, -0.05) is 24.3 Å². The molecule has 0 unspecified atom stereocenters. The van der Waals surface area contributed by atoms with Crippen molar-refractivity contribution >= 4 is 11.8 Å². The molecule has 0 aromatic heterocycles. The maximum Gasteiger partial charge on any atom is 0.229 e. The topological polar surface area (TPSA) is 67.9 Å². The van der Waals surface area contributed by atoms with E-state index in [2.05, 4.69) is 41.7 Å². The first-order valence-electron chi connectivity index (χ1n) is 11.6. The first kappa shape index (κ1) is 22.3. The molecule has 2 aliphatic heterocycles. The van der Waals surface area contributed by atoms with Crippen molar-refractivity contribution in [3.63, 3.8) is 0 Å². The molecule has 0 spiro atoms. The molecular formula is C26H32N2O4. The van der Waals surface area contributed by atoms with E-state index in [1.807, 2.05) is 0 Å². The predicted molar refractivity (Wildman–Crippen MR) is 123 cm³/mol. The number of hydrogen-bond donors (Lipinski definition) is 1. The molecule has 0 saturated carbocycles. The zero-order valence-corrected chi connectivity index (χ0v) is 18.8. The first-order valence-corrected chi connectivity index (χ1v) is 11.6. The van der Waals surface area contributed by atoms with E-state index in [-0.39, 0.29) is 11.8 Å². The third-order valence-corrected chi connectivity index (χ3v) is 6.24. The molecule has 2 aromatic rings. The van der Waals surface area contributed by atoms with Gasteiger partial charge in [-0.15, -0.1) is 0 Å². The summed E-state index contributed by atoms with van der Waals surface area (Å²) in [4.78, 5) is 24.9. The Kier molecular flexibility index (Phi) is 7.43. The lowest BCUT2D eigenvalue weighted by atomic mass is 10.0. The van der Waals surface area contributed by atoms with Crippen LogP contribution in [-0.4, -0.2) is 43.5 Å². The fraction of sp³-hybridized carbons (Fsp3) is 0.462. The lowest BCUT2D eigenvalue weighted by Gasteiger charge is -2.15. The van der Waals surface area contributed by atoms with E-state index in [9.17, 15) is 9.59 Å². The summed E-state index contributed by atoms with van der Waals surface area (Å²) in [6, 6.07) is 12.8. The molecule has 1 saturated heterocycles. The Bertz CT molecular complexity index is 956. The second-order valence-corrected chi connectivity index (χ2v) is 8.51. The normalized spacial score (nSPS) is 15.2. The van der Waals surface area contributed by atoms with Crippen LogP contribution in [0.15, 0.2) is 36.4 Å². The van der Waals surface area contributed by atoms with Crippen molar-refractivity contribution in [2.45, 2.75) is 51.5 Å². The monoisotopic (exact) mass is 436 g/mol. The van der Waals surface area contributed by atoms with Gasteiger partial charge in [0.25, 0.3) is 0 Å². The highest BCUT2D eigenvalue weighted by Crippen LogP contribution is 2.26. The van der Waals surface area contributed by atoms with Crippen molar-refractivity contribution in [2.24, 2.45) is 0 Å². The number of aryl methyl sites for hydroxylation is 2. The van der Waals surface area contributed by atoms with E-state index >= 15 is 0 Å². The van der Waals surface area contributed by atoms with Crippen LogP contribution in [0.5, 0.6) is 11.5 Å². The molecule has 2 aliphatic rings. The number of carbonyl (C=O) groups excluding carboxylic acids is 2. The average Bonchev–Trinajstić information content (AvgIpc) is 3.40. The fourth-order valence-corrected chi connectivity index (χ4v) is 4.45. The van der Waals surface area contributed by atoms with E-state index in [4.69, 9.17) is 9.47 Å². The Labute approximate surface area is 189 Å². The van der Waals surface area contributed by atoms with E-state index in [0.717, 1.165) is 68.9 Å². The van der Waals surface area contributed by atoms with Crippen LogP contribution in [0.3, 0.4) is 0 Å². The quantitative estimate of drug-likeness (QED) is 0.432. The van der Waals surface area contributed by atoms with Gasteiger partial charge in [-0.3, -0.25) is 14.5 Å². The van der Waals surface area contributed by atoms with Crippen molar-refractivity contribution in [3.8, 4) is 11.5 Å². The summed E-state index contributed by atoms with van der Waals surface area (Å²) in [6.07, 6.45) is 5.40. The highest BCUT2D eigenvalue weighted by Gasteiger charge is 2.28. The van der Waals surface area contributed by atoms with Gasteiger partial charge < -0.3 is 14.8 Å². The van der Waals surface area contributed by atoms with Crippen molar-refractivity contribution in [2.75, 3.05) is 26.8 Å². The number of amides is 2. The minimum absolute atomic E-state index is 0.0476. The smallest absolute Gasteiger partial charge is 0.229 e. The molecule has 0 aliphatic carbocycles. The van der Waals surface area contributed by atoms with Crippen LogP contribution < -0.4 is 14.8 Å². The minimum Gasteiger partial charge on any atom is -0.496 e. The van der Waals surface area contributed by atoms with E-state index in [1.54, 1.807) is 7.11 Å². The average molecular weight is 437 g/mol. The molecule has 32 heavy (non-hydrogen) atoms. The summed E-state index contributed by atoms with van der Waals surface area (Å²) in [5.74, 6) is 1.81. The molecule has 1 fully saturated rings. The van der Waals surface area contributed by atoms with Crippen LogP contribution >= 0.6 is 0 Å². The molecule has 4 rings (SSSR count). The molecule has 2 heterocycles. The lowest BCUT2D eigenvalue weighted by molar-refractivity contribution is -0.138. The first-order chi connectivity index (χ1) is 15.6. The zero-order chi connectivity index (χ0) is 22.3. The lowest BCUT2D eigenvalue weighted by Crippen LogP contribution is -2.30. The van der Waals surface area contributed by atoms with Crippen LogP contribution in [0.2, 0.25) is 0 Å². The van der Waals surface area contributed by atoms with Gasteiger partial charge in [0, 0.05) is 32.4 Å². The molecule has 0 atom stereocenters. The maximum atomic E-state index is 11.7. The number of ether oxygens (including phenoxy) is 2. The number of hydrogen-bond acceptors (Lipinski definition) is 5. The SMILES string of the molecule is COc1cc(CNCCCc2ccc3c(c2)CCO3)ccc1CCCN1C(=O)CCC1=O. The number of benzene rings is 2. The van der Waals surface area contributed by atoms with Crippen LogP contribution in [0.25, 0.3) is 0 Å². The number of carbonyl (C=O) groups is 2. The number of fused-ring (bicyclic) bond motifs is 1. The molecule has 2 aromatic carbocycles. The van der Waals surface area contributed by atoms with Crippen molar-refractivity contribution in [1.82, 2.24) is 10.2 Å². The number of nitrogens with zero attached hydrogens (tertiary/aromatic N) is 1. The molecule has 6 nitrogen and oxygen atoms in total. The fourth-order valence-electron chi connectivity index (χ4n) is 4.45. The van der Waals surface area contributed by atoms with Crippen molar-refractivity contribution in [1.29, 1.82) is 0 Å². The molecular weight excluding hydrogens is 404 g/mol. The predicted octanol–water partition coefficient (Wildman–Crippen LogP) is 3.43. The Morgan fingerprint density at radius 1 is 0.969 bits per heavy atom. The largest absolute Gasteiger partial charge is 0.496 e. The van der Waals surface area contributed by atoms with Gasteiger partial charge in [0.05, 0.1) is 13.7 Å². The van der Waals surface area contributed by atoms with E-state index in [1.165, 1.54) is 21.6 Å². The highest BCUT2D eigenvalue weighted by atomic mass is 16.5. The van der Waals surface area contributed by atoms with Gasteiger partial charge >= 0.3 is 0 Å². The van der Waals surface area contributed by atoms with E-state index < -0.39 is 0 Å². The maximum absolute atomic E-state index is 11.7. The summed E-state index contributed by atoms with van der Waals surface area (Å²) in [5, 5.41) is 3.52. The number of methoxy groups -OCH3 is 1. The van der Waals surface area contributed by atoms with Gasteiger partial charge in [0.1, 0.15) is 11.5 Å². The number of likely N-dealkylation sites (tertiary alicyclic amines) is 1. The Hall–Kier alpha value is -2.86. The van der Waals surface area contributed by atoms with Crippen LogP contribution in [-0.2, 0) is 35.4 Å². The highest BCUT2D eigenvalue weighted by molar-refractivity contribution is 6.01. The number of rotatable bonds is 11. The number of imide groups is 1. The molecule has 1 N–H and O–H groups in total. The summed E-state index contributed by atoms with van der Waals surface area (Å²) >= 11 is 0. The Morgan fingerprint density at radius 3 is 2.59 bits per heavy atom. The summed E-state index contributed by atoms with van der Waals surface area (Å²) in [5.41, 5.74) is 5.00. The second kappa shape index (κ2) is 10.6. The van der Waals surface area contributed by atoms with Gasteiger partial charge in [-0.25, -0.2) is 0 Å². The third kappa shape index (κ3) is 5.49. The summed E-state index contributed by atoms with van der Waals surface area (Å²) < 4.78 is 11.2. The van der Waals surface area contributed by atoms with Crippen molar-refractivity contribution < 1.29 is 19.1 Å². The Morgan fingerprint density at radius 2 is 1.78 bits per heavy atom. The van der Waals surface area contributed by atoms with Crippen molar-refractivity contribution in [3.05, 3.63) is 58.7 Å². The molecule has 0 bridgehead atoms.